The van der Waals surface area contributed by atoms with Crippen LogP contribution in [-0.4, -0.2) is 0 Å². The van der Waals surface area contributed by atoms with Gasteiger partial charge in [-0.15, -0.1) is 0 Å². The minimum atomic E-state index is 0.768. The van der Waals surface area contributed by atoms with Crippen LogP contribution in [0.15, 0.2) is 97.6 Å². The van der Waals surface area contributed by atoms with E-state index in [1.807, 2.05) is 30.3 Å². The summed E-state index contributed by atoms with van der Waals surface area (Å²) in [4.78, 5) is 0. The van der Waals surface area contributed by atoms with Gasteiger partial charge in [0.25, 0.3) is 0 Å². The van der Waals surface area contributed by atoms with Crippen molar-refractivity contribution in [2.45, 2.75) is 6.92 Å². The van der Waals surface area contributed by atoms with Crippen LogP contribution in [-0.2, 0) is 0 Å². The summed E-state index contributed by atoms with van der Waals surface area (Å²) in [6.45, 7) is 6.22. The Morgan fingerprint density at radius 3 is 1.39 bits per heavy atom. The lowest BCUT2D eigenvalue weighted by molar-refractivity contribution is 1.62. The molecule has 0 aliphatic carbocycles. The summed E-state index contributed by atoms with van der Waals surface area (Å²) in [6, 6.07) is 29.4. The summed E-state index contributed by atoms with van der Waals surface area (Å²) in [5.74, 6) is 0. The number of rotatable bonds is 4. The Kier molecular flexibility index (Phi) is 5.20. The van der Waals surface area contributed by atoms with Gasteiger partial charge in [-0.1, -0.05) is 73.3 Å². The highest BCUT2D eigenvalue weighted by molar-refractivity contribution is 6.16. The fourth-order valence-corrected chi connectivity index (χ4v) is 4.57. The minimum Gasteiger partial charge on any atom is -0.399 e. The Morgan fingerprint density at radius 2 is 0.970 bits per heavy atom. The maximum absolute atomic E-state index is 5.89. The largest absolute Gasteiger partial charge is 0.399 e. The first-order chi connectivity index (χ1) is 16.1. The summed E-state index contributed by atoms with van der Waals surface area (Å²) >= 11 is 0. The van der Waals surface area contributed by atoms with E-state index in [0.717, 1.165) is 33.6 Å². The van der Waals surface area contributed by atoms with Crippen LogP contribution in [0, 0.1) is 0 Å². The molecular weight excluding hydrogens is 400 g/mol. The average Bonchev–Trinajstić information content (AvgIpc) is 2.84. The predicted molar refractivity (Wildman–Crippen MR) is 146 cm³/mol. The zero-order valence-corrected chi connectivity index (χ0v) is 18.7. The molecule has 0 radical (unpaired) electrons. The zero-order valence-electron chi connectivity index (χ0n) is 18.7. The number of allylic oxidation sites excluding steroid dienone is 1. The standard InChI is InChI=1S/C31H26N2/c1-3-5-27-26(4-2)30-18-22(20-6-12-24(32)13-7-20)10-16-28(30)29-17-11-23(19-31(27)29)21-8-14-25(33)15-9-21/h3-19H,2,32-33H2,1H3/b5-3-. The van der Waals surface area contributed by atoms with Gasteiger partial charge in [0, 0.05) is 11.4 Å². The molecule has 0 atom stereocenters. The molecule has 0 unspecified atom stereocenters. The Morgan fingerprint density at radius 1 is 0.545 bits per heavy atom. The summed E-state index contributed by atoms with van der Waals surface area (Å²) in [5, 5.41) is 4.85. The first-order valence-electron chi connectivity index (χ1n) is 11.1. The van der Waals surface area contributed by atoms with E-state index >= 15 is 0 Å². The molecule has 33 heavy (non-hydrogen) atoms. The number of benzene rings is 5. The molecular formula is C31H26N2. The van der Waals surface area contributed by atoms with Crippen molar-refractivity contribution < 1.29 is 0 Å². The van der Waals surface area contributed by atoms with E-state index in [2.05, 4.69) is 86.3 Å². The molecule has 0 bridgehead atoms. The second kappa shape index (κ2) is 8.33. The summed E-state index contributed by atoms with van der Waals surface area (Å²) in [5.41, 5.74) is 20.3. The molecule has 0 aliphatic heterocycles. The number of anilines is 2. The molecule has 0 spiro atoms. The van der Waals surface area contributed by atoms with Crippen molar-refractivity contribution in [1.29, 1.82) is 0 Å². The van der Waals surface area contributed by atoms with Gasteiger partial charge in [0.05, 0.1) is 0 Å². The molecule has 4 N–H and O–H groups in total. The van der Waals surface area contributed by atoms with Crippen LogP contribution in [0.5, 0.6) is 0 Å². The van der Waals surface area contributed by atoms with Crippen LogP contribution in [0.1, 0.15) is 18.1 Å². The van der Waals surface area contributed by atoms with Crippen LogP contribution in [0.4, 0.5) is 11.4 Å². The van der Waals surface area contributed by atoms with E-state index in [1.165, 1.54) is 32.7 Å². The van der Waals surface area contributed by atoms with Crippen molar-refractivity contribution in [2.24, 2.45) is 0 Å². The third-order valence-electron chi connectivity index (χ3n) is 6.23. The fraction of sp³-hybridized carbons (Fsp3) is 0.0323. The second-order valence-corrected chi connectivity index (χ2v) is 8.30. The van der Waals surface area contributed by atoms with Gasteiger partial charge in [-0.2, -0.15) is 0 Å². The predicted octanol–water partition coefficient (Wildman–Crippen LogP) is 8.17. The van der Waals surface area contributed by atoms with Crippen LogP contribution in [0.25, 0.3) is 56.0 Å². The molecule has 0 amide bonds. The Bertz CT molecular complexity index is 1520. The maximum atomic E-state index is 5.89. The Labute approximate surface area is 194 Å². The molecule has 0 aliphatic rings. The molecule has 0 fully saturated rings. The molecule has 5 rings (SSSR count). The van der Waals surface area contributed by atoms with Crippen molar-refractivity contribution in [3.63, 3.8) is 0 Å². The van der Waals surface area contributed by atoms with Crippen LogP contribution < -0.4 is 11.5 Å². The normalized spacial score (nSPS) is 11.4. The summed E-state index contributed by atoms with van der Waals surface area (Å²) in [7, 11) is 0. The topological polar surface area (TPSA) is 52.0 Å². The maximum Gasteiger partial charge on any atom is 0.0314 e. The molecule has 0 saturated carbocycles. The Balaban J connectivity index is 1.80. The lowest BCUT2D eigenvalue weighted by Crippen LogP contribution is -1.91. The number of hydrogen-bond donors (Lipinski definition) is 2. The minimum absolute atomic E-state index is 0.768. The summed E-state index contributed by atoms with van der Waals surface area (Å²) in [6.07, 6.45) is 6.24. The average molecular weight is 427 g/mol. The van der Waals surface area contributed by atoms with Gasteiger partial charge in [0.15, 0.2) is 0 Å². The third kappa shape index (κ3) is 3.66. The van der Waals surface area contributed by atoms with E-state index in [9.17, 15) is 0 Å². The molecule has 0 aromatic heterocycles. The van der Waals surface area contributed by atoms with Crippen LogP contribution in [0.2, 0.25) is 0 Å². The van der Waals surface area contributed by atoms with Gasteiger partial charge in [0.2, 0.25) is 0 Å². The first-order valence-corrected chi connectivity index (χ1v) is 11.1. The third-order valence-corrected chi connectivity index (χ3v) is 6.23. The van der Waals surface area contributed by atoms with E-state index in [4.69, 9.17) is 11.5 Å². The zero-order chi connectivity index (χ0) is 22.9. The van der Waals surface area contributed by atoms with Crippen LogP contribution >= 0.6 is 0 Å². The van der Waals surface area contributed by atoms with Gasteiger partial charge in [-0.3, -0.25) is 0 Å². The molecule has 0 saturated heterocycles. The van der Waals surface area contributed by atoms with E-state index in [0.29, 0.717) is 0 Å². The molecule has 5 aromatic carbocycles. The van der Waals surface area contributed by atoms with Gasteiger partial charge in [0.1, 0.15) is 0 Å². The van der Waals surface area contributed by atoms with E-state index in [1.54, 1.807) is 0 Å². The fourth-order valence-electron chi connectivity index (χ4n) is 4.57. The molecule has 160 valence electrons. The molecule has 2 nitrogen and oxygen atoms in total. The quantitative estimate of drug-likeness (QED) is 0.225. The van der Waals surface area contributed by atoms with Crippen molar-refractivity contribution in [2.75, 3.05) is 11.5 Å². The Hall–Kier alpha value is -4.30. The highest BCUT2D eigenvalue weighted by Crippen LogP contribution is 2.38. The molecule has 2 heteroatoms. The molecule has 5 aromatic rings. The van der Waals surface area contributed by atoms with Crippen molar-refractivity contribution in [1.82, 2.24) is 0 Å². The van der Waals surface area contributed by atoms with Crippen molar-refractivity contribution in [3.8, 4) is 22.3 Å². The van der Waals surface area contributed by atoms with Gasteiger partial charge < -0.3 is 11.5 Å². The highest BCUT2D eigenvalue weighted by atomic mass is 14.5. The molecule has 0 heterocycles. The lowest BCUT2D eigenvalue weighted by Gasteiger charge is -2.16. The smallest absolute Gasteiger partial charge is 0.0314 e. The monoisotopic (exact) mass is 426 g/mol. The van der Waals surface area contributed by atoms with Gasteiger partial charge in [-0.25, -0.2) is 0 Å². The number of nitrogen functional groups attached to an aromatic ring is 2. The van der Waals surface area contributed by atoms with E-state index in [-0.39, 0.29) is 0 Å². The second-order valence-electron chi connectivity index (χ2n) is 8.30. The van der Waals surface area contributed by atoms with Gasteiger partial charge in [-0.05, 0) is 98.2 Å². The highest BCUT2D eigenvalue weighted by Gasteiger charge is 2.13. The first kappa shape index (κ1) is 20.6. The van der Waals surface area contributed by atoms with Crippen molar-refractivity contribution in [3.05, 3.63) is 109 Å². The van der Waals surface area contributed by atoms with E-state index < -0.39 is 0 Å². The van der Waals surface area contributed by atoms with Crippen molar-refractivity contribution >= 4 is 45.1 Å². The summed E-state index contributed by atoms with van der Waals surface area (Å²) < 4.78 is 0. The number of hydrogen-bond acceptors (Lipinski definition) is 2. The van der Waals surface area contributed by atoms with Crippen LogP contribution in [0.3, 0.4) is 0 Å². The SMILES string of the molecule is C=Cc1c(/C=C\C)c2cc(-c3ccc(N)cc3)ccc2c2ccc(-c3ccc(N)cc3)cc12. The number of nitrogens with two attached hydrogens (primary N) is 2. The lowest BCUT2D eigenvalue weighted by atomic mass is 9.88. The van der Waals surface area contributed by atoms with Gasteiger partial charge >= 0.3 is 0 Å². The number of fused-ring (bicyclic) bond motifs is 3.